The number of ether oxygens (including phenoxy) is 1. The first-order valence-electron chi connectivity index (χ1n) is 8.89. The van der Waals surface area contributed by atoms with Crippen LogP contribution in [0.1, 0.15) is 28.8 Å². The van der Waals surface area contributed by atoms with E-state index in [1.807, 2.05) is 30.3 Å². The Labute approximate surface area is 158 Å². The number of hydrogen-bond acceptors (Lipinski definition) is 4. The average molecular weight is 365 g/mol. The van der Waals surface area contributed by atoms with Gasteiger partial charge in [0.15, 0.2) is 0 Å². The van der Waals surface area contributed by atoms with Crippen molar-refractivity contribution in [1.82, 2.24) is 0 Å². The zero-order chi connectivity index (χ0) is 19.2. The topological polar surface area (TPSA) is 84.7 Å². The van der Waals surface area contributed by atoms with E-state index < -0.39 is 5.91 Å². The Morgan fingerprint density at radius 2 is 1.81 bits per heavy atom. The maximum Gasteiger partial charge on any atom is 0.248 e. The summed E-state index contributed by atoms with van der Waals surface area (Å²) in [5, 5.41) is 2.88. The number of hydrogen-bond donors (Lipinski definition) is 2. The van der Waals surface area contributed by atoms with Gasteiger partial charge in [-0.25, -0.2) is 0 Å². The van der Waals surface area contributed by atoms with Crippen LogP contribution in [0.4, 0.5) is 11.4 Å². The first-order chi connectivity index (χ1) is 13.1. The van der Waals surface area contributed by atoms with Gasteiger partial charge in [0.05, 0.1) is 18.5 Å². The fourth-order valence-corrected chi connectivity index (χ4v) is 3.08. The highest BCUT2D eigenvalue weighted by Crippen LogP contribution is 2.30. The van der Waals surface area contributed by atoms with E-state index in [1.54, 1.807) is 25.3 Å². The van der Waals surface area contributed by atoms with Crippen LogP contribution in [0, 0.1) is 0 Å². The van der Waals surface area contributed by atoms with Gasteiger partial charge < -0.3 is 20.7 Å². The van der Waals surface area contributed by atoms with Gasteiger partial charge in [-0.15, -0.1) is 0 Å². The molecule has 1 saturated heterocycles. The minimum absolute atomic E-state index is 0.270. The second-order valence-corrected chi connectivity index (χ2v) is 6.39. The fourth-order valence-electron chi connectivity index (χ4n) is 3.08. The van der Waals surface area contributed by atoms with Crippen molar-refractivity contribution in [2.45, 2.75) is 12.8 Å². The van der Waals surface area contributed by atoms with Gasteiger partial charge in [0, 0.05) is 24.7 Å². The molecule has 0 atom stereocenters. The minimum atomic E-state index is -0.521. The van der Waals surface area contributed by atoms with Gasteiger partial charge in [0.25, 0.3) is 0 Å². The fraction of sp³-hybridized carbons (Fsp3) is 0.238. The third-order valence-electron chi connectivity index (χ3n) is 4.53. The number of benzene rings is 2. The van der Waals surface area contributed by atoms with Gasteiger partial charge in [-0.3, -0.25) is 9.59 Å². The van der Waals surface area contributed by atoms with E-state index in [1.165, 1.54) is 6.08 Å². The molecule has 27 heavy (non-hydrogen) atoms. The monoisotopic (exact) mass is 365 g/mol. The maximum absolute atomic E-state index is 12.4. The lowest BCUT2D eigenvalue weighted by Gasteiger charge is -2.21. The molecule has 140 valence electrons. The van der Waals surface area contributed by atoms with Gasteiger partial charge in [0.1, 0.15) is 5.75 Å². The Bertz CT molecular complexity index is 853. The van der Waals surface area contributed by atoms with Crippen LogP contribution in [0.15, 0.2) is 48.5 Å². The molecule has 3 rings (SSSR count). The van der Waals surface area contributed by atoms with Crippen LogP contribution in [0.25, 0.3) is 6.08 Å². The van der Waals surface area contributed by atoms with E-state index in [-0.39, 0.29) is 5.91 Å². The van der Waals surface area contributed by atoms with E-state index in [9.17, 15) is 9.59 Å². The standard InChI is InChI=1S/C21H23N3O3/c1-27-17-8-4-15(5-9-17)6-11-20(25)23-18-14-16(21(22)26)7-10-19(18)24-12-2-3-13-24/h4-11,14H,2-3,12-13H2,1H3,(H2,22,26)(H,23,25)/b11-6+. The van der Waals surface area contributed by atoms with E-state index >= 15 is 0 Å². The predicted molar refractivity (Wildman–Crippen MR) is 107 cm³/mol. The van der Waals surface area contributed by atoms with Crippen molar-refractivity contribution in [2.75, 3.05) is 30.4 Å². The first-order valence-corrected chi connectivity index (χ1v) is 8.89. The summed E-state index contributed by atoms with van der Waals surface area (Å²) in [6.45, 7) is 1.86. The van der Waals surface area contributed by atoms with Crippen molar-refractivity contribution >= 4 is 29.3 Å². The molecule has 3 N–H and O–H groups in total. The molecule has 6 nitrogen and oxygen atoms in total. The zero-order valence-electron chi connectivity index (χ0n) is 15.3. The molecule has 1 heterocycles. The second-order valence-electron chi connectivity index (χ2n) is 6.39. The lowest BCUT2D eigenvalue weighted by Crippen LogP contribution is -2.21. The van der Waals surface area contributed by atoms with Crippen LogP contribution in [0.2, 0.25) is 0 Å². The molecule has 0 spiro atoms. The number of carbonyl (C=O) groups is 2. The summed E-state index contributed by atoms with van der Waals surface area (Å²) in [5.74, 6) is -0.0322. The number of nitrogens with zero attached hydrogens (tertiary/aromatic N) is 1. The number of amides is 2. The number of carbonyl (C=O) groups excluding carboxylic acids is 2. The van der Waals surface area contributed by atoms with Gasteiger partial charge in [-0.1, -0.05) is 12.1 Å². The van der Waals surface area contributed by atoms with Gasteiger partial charge in [-0.05, 0) is 54.8 Å². The highest BCUT2D eigenvalue weighted by molar-refractivity contribution is 6.05. The Kier molecular flexibility index (Phi) is 5.76. The maximum atomic E-state index is 12.4. The number of rotatable bonds is 6. The molecule has 0 bridgehead atoms. The highest BCUT2D eigenvalue weighted by Gasteiger charge is 2.18. The van der Waals surface area contributed by atoms with E-state index in [0.29, 0.717) is 11.3 Å². The summed E-state index contributed by atoms with van der Waals surface area (Å²) >= 11 is 0. The van der Waals surface area contributed by atoms with Crippen LogP contribution in [0.3, 0.4) is 0 Å². The largest absolute Gasteiger partial charge is 0.497 e. The molecule has 2 aromatic carbocycles. The third-order valence-corrected chi connectivity index (χ3v) is 4.53. The summed E-state index contributed by atoms with van der Waals surface area (Å²) in [6, 6.07) is 12.6. The van der Waals surface area contributed by atoms with Crippen molar-refractivity contribution in [3.8, 4) is 5.75 Å². The predicted octanol–water partition coefficient (Wildman–Crippen LogP) is 3.05. The average Bonchev–Trinajstić information content (AvgIpc) is 3.21. The number of nitrogens with two attached hydrogens (primary N) is 1. The molecule has 0 unspecified atom stereocenters. The van der Waals surface area contributed by atoms with Crippen molar-refractivity contribution in [2.24, 2.45) is 5.73 Å². The Morgan fingerprint density at radius 3 is 2.44 bits per heavy atom. The van der Waals surface area contributed by atoms with Gasteiger partial charge >= 0.3 is 0 Å². The highest BCUT2D eigenvalue weighted by atomic mass is 16.5. The second kappa shape index (κ2) is 8.40. The summed E-state index contributed by atoms with van der Waals surface area (Å²) < 4.78 is 5.12. The smallest absolute Gasteiger partial charge is 0.248 e. The summed E-state index contributed by atoms with van der Waals surface area (Å²) in [7, 11) is 1.61. The van der Waals surface area contributed by atoms with Crippen LogP contribution in [-0.2, 0) is 4.79 Å². The van der Waals surface area contributed by atoms with Crippen LogP contribution in [-0.4, -0.2) is 32.0 Å². The zero-order valence-corrected chi connectivity index (χ0v) is 15.3. The Hall–Kier alpha value is -3.28. The molecule has 0 aliphatic carbocycles. The number of primary amides is 1. The number of methoxy groups -OCH3 is 1. The molecule has 0 radical (unpaired) electrons. The molecule has 1 aliphatic heterocycles. The minimum Gasteiger partial charge on any atom is -0.497 e. The molecule has 2 aromatic rings. The molecule has 1 fully saturated rings. The lowest BCUT2D eigenvalue weighted by molar-refractivity contribution is -0.111. The molecule has 1 aliphatic rings. The third kappa shape index (κ3) is 4.67. The number of anilines is 2. The summed E-state index contributed by atoms with van der Waals surface area (Å²) in [4.78, 5) is 26.1. The Balaban J connectivity index is 1.77. The SMILES string of the molecule is COc1ccc(/C=C/C(=O)Nc2cc(C(N)=O)ccc2N2CCCC2)cc1. The van der Waals surface area contributed by atoms with Crippen molar-refractivity contribution in [1.29, 1.82) is 0 Å². The van der Waals surface area contributed by atoms with Crippen LogP contribution >= 0.6 is 0 Å². The van der Waals surface area contributed by atoms with E-state index in [4.69, 9.17) is 10.5 Å². The first kappa shape index (κ1) is 18.5. The van der Waals surface area contributed by atoms with Crippen LogP contribution < -0.4 is 20.7 Å². The van der Waals surface area contributed by atoms with Crippen LogP contribution in [0.5, 0.6) is 5.75 Å². The van der Waals surface area contributed by atoms with E-state index in [2.05, 4.69) is 10.2 Å². The number of nitrogens with one attached hydrogen (secondary N) is 1. The van der Waals surface area contributed by atoms with Gasteiger partial charge in [-0.2, -0.15) is 0 Å². The van der Waals surface area contributed by atoms with E-state index in [0.717, 1.165) is 42.9 Å². The molecular formula is C21H23N3O3. The quantitative estimate of drug-likeness (QED) is 0.771. The van der Waals surface area contributed by atoms with Crippen molar-refractivity contribution in [3.05, 3.63) is 59.7 Å². The molecule has 0 saturated carbocycles. The van der Waals surface area contributed by atoms with Gasteiger partial charge in [0.2, 0.25) is 11.8 Å². The molecule has 0 aromatic heterocycles. The molecular weight excluding hydrogens is 342 g/mol. The van der Waals surface area contributed by atoms with Crippen molar-refractivity contribution in [3.63, 3.8) is 0 Å². The summed E-state index contributed by atoms with van der Waals surface area (Å²) in [6.07, 6.45) is 5.42. The normalized spacial score (nSPS) is 13.7. The summed E-state index contributed by atoms with van der Waals surface area (Å²) in [5.41, 5.74) is 8.14. The lowest BCUT2D eigenvalue weighted by atomic mass is 10.1. The molecule has 2 amide bonds. The van der Waals surface area contributed by atoms with Crippen molar-refractivity contribution < 1.29 is 14.3 Å². The Morgan fingerprint density at radius 1 is 1.11 bits per heavy atom. The molecule has 6 heteroatoms.